The van der Waals surface area contributed by atoms with Gasteiger partial charge in [-0.25, -0.2) is 0 Å². The van der Waals surface area contributed by atoms with Crippen LogP contribution in [0.2, 0.25) is 0 Å². The van der Waals surface area contributed by atoms with Gasteiger partial charge >= 0.3 is 0 Å². The Labute approximate surface area is 97.4 Å². The smallest absolute Gasteiger partial charge is 0.220 e. The molecule has 1 rings (SSSR count). The first-order chi connectivity index (χ1) is 7.72. The van der Waals surface area contributed by atoms with Gasteiger partial charge < -0.3 is 15.2 Å². The van der Waals surface area contributed by atoms with Crippen molar-refractivity contribution in [1.82, 2.24) is 5.32 Å². The van der Waals surface area contributed by atoms with Crippen molar-refractivity contribution in [3.05, 3.63) is 0 Å². The number of carbonyl (C=O) groups excluding carboxylic acids is 1. The molecule has 0 spiro atoms. The van der Waals surface area contributed by atoms with Crippen molar-refractivity contribution in [2.75, 3.05) is 13.2 Å². The molecule has 0 aliphatic carbocycles. The highest BCUT2D eigenvalue weighted by Gasteiger charge is 2.17. The van der Waals surface area contributed by atoms with Crippen LogP contribution < -0.4 is 5.32 Å². The molecule has 4 heteroatoms. The second-order valence-electron chi connectivity index (χ2n) is 4.51. The molecule has 0 radical (unpaired) electrons. The zero-order chi connectivity index (χ0) is 11.8. The van der Waals surface area contributed by atoms with E-state index in [2.05, 4.69) is 5.32 Å². The molecule has 2 N–H and O–H groups in total. The molecule has 0 aromatic rings. The van der Waals surface area contributed by atoms with Crippen LogP contribution in [-0.4, -0.2) is 36.4 Å². The Balaban J connectivity index is 2.05. The topological polar surface area (TPSA) is 58.6 Å². The summed E-state index contributed by atoms with van der Waals surface area (Å²) < 4.78 is 5.46. The van der Waals surface area contributed by atoms with E-state index in [9.17, 15) is 4.79 Å². The Morgan fingerprint density at radius 3 is 3.06 bits per heavy atom. The fourth-order valence-corrected chi connectivity index (χ4v) is 1.98. The van der Waals surface area contributed by atoms with Crippen molar-refractivity contribution in [3.63, 3.8) is 0 Å². The molecule has 1 aliphatic rings. The van der Waals surface area contributed by atoms with Gasteiger partial charge in [0.25, 0.3) is 0 Å². The highest BCUT2D eigenvalue weighted by Crippen LogP contribution is 2.16. The molecule has 0 aromatic carbocycles. The molecule has 0 bridgehead atoms. The van der Waals surface area contributed by atoms with Crippen molar-refractivity contribution in [2.24, 2.45) is 0 Å². The lowest BCUT2D eigenvalue weighted by Gasteiger charge is -2.14. The van der Waals surface area contributed by atoms with Crippen LogP contribution in [0.3, 0.4) is 0 Å². The lowest BCUT2D eigenvalue weighted by molar-refractivity contribution is -0.122. The fraction of sp³-hybridized carbons (Fsp3) is 0.917. The van der Waals surface area contributed by atoms with Gasteiger partial charge in [-0.2, -0.15) is 0 Å². The number of aliphatic hydroxyl groups excluding tert-OH is 1. The first-order valence-corrected chi connectivity index (χ1v) is 6.24. The average Bonchev–Trinajstić information content (AvgIpc) is 2.76. The van der Waals surface area contributed by atoms with Crippen molar-refractivity contribution in [3.8, 4) is 0 Å². The summed E-state index contributed by atoms with van der Waals surface area (Å²) in [5, 5.41) is 11.6. The van der Waals surface area contributed by atoms with Crippen LogP contribution >= 0.6 is 0 Å². The van der Waals surface area contributed by atoms with Crippen LogP contribution in [0.25, 0.3) is 0 Å². The second kappa shape index (κ2) is 7.63. The highest BCUT2D eigenvalue weighted by molar-refractivity contribution is 5.76. The number of ether oxygens (including phenoxy) is 1. The van der Waals surface area contributed by atoms with Gasteiger partial charge in [0.1, 0.15) is 0 Å². The molecule has 0 saturated carbocycles. The lowest BCUT2D eigenvalue weighted by atomic mass is 10.1. The maximum absolute atomic E-state index is 11.5. The van der Waals surface area contributed by atoms with E-state index in [1.807, 2.05) is 6.92 Å². The van der Waals surface area contributed by atoms with Gasteiger partial charge in [-0.05, 0) is 39.0 Å². The highest BCUT2D eigenvalue weighted by atomic mass is 16.5. The summed E-state index contributed by atoms with van der Waals surface area (Å²) in [5.41, 5.74) is 0. The third-order valence-electron chi connectivity index (χ3n) is 2.92. The molecule has 1 saturated heterocycles. The predicted octanol–water partition coefficient (Wildman–Crippen LogP) is 1.22. The van der Waals surface area contributed by atoms with Gasteiger partial charge in [-0.1, -0.05) is 0 Å². The number of amides is 1. The van der Waals surface area contributed by atoms with Crippen LogP contribution in [0.1, 0.15) is 45.4 Å². The van der Waals surface area contributed by atoms with Gasteiger partial charge in [0.15, 0.2) is 0 Å². The Morgan fingerprint density at radius 1 is 1.62 bits per heavy atom. The second-order valence-corrected chi connectivity index (χ2v) is 4.51. The first-order valence-electron chi connectivity index (χ1n) is 6.24. The average molecular weight is 229 g/mol. The minimum absolute atomic E-state index is 0.0981. The molecule has 2 atom stereocenters. The van der Waals surface area contributed by atoms with Crippen LogP contribution in [0.5, 0.6) is 0 Å². The van der Waals surface area contributed by atoms with Gasteiger partial charge in [0.05, 0.1) is 6.10 Å². The van der Waals surface area contributed by atoms with E-state index in [0.29, 0.717) is 12.5 Å². The third kappa shape index (κ3) is 5.47. The van der Waals surface area contributed by atoms with Crippen molar-refractivity contribution < 1.29 is 14.6 Å². The van der Waals surface area contributed by atoms with E-state index in [1.54, 1.807) is 0 Å². The number of hydrogen-bond donors (Lipinski definition) is 2. The Morgan fingerprint density at radius 2 is 2.44 bits per heavy atom. The number of nitrogens with one attached hydrogen (secondary N) is 1. The summed E-state index contributed by atoms with van der Waals surface area (Å²) in [5.74, 6) is 0.0981. The molecular formula is C12H23NO3. The number of rotatable bonds is 7. The van der Waals surface area contributed by atoms with Crippen molar-refractivity contribution in [1.29, 1.82) is 0 Å². The molecule has 4 nitrogen and oxygen atoms in total. The minimum atomic E-state index is 0.0981. The van der Waals surface area contributed by atoms with E-state index in [0.717, 1.165) is 38.7 Å². The van der Waals surface area contributed by atoms with Gasteiger partial charge in [-0.15, -0.1) is 0 Å². The standard InChI is InChI=1S/C12H23NO3/c1-10(4-2-8-14)13-12(15)7-6-11-5-3-9-16-11/h10-11,14H,2-9H2,1H3,(H,13,15). The summed E-state index contributed by atoms with van der Waals surface area (Å²) in [6, 6.07) is 0.157. The monoisotopic (exact) mass is 229 g/mol. The fourth-order valence-electron chi connectivity index (χ4n) is 1.98. The van der Waals surface area contributed by atoms with Gasteiger partial charge in [0, 0.05) is 25.7 Å². The molecule has 2 unspecified atom stereocenters. The van der Waals surface area contributed by atoms with Crippen LogP contribution in [0.4, 0.5) is 0 Å². The van der Waals surface area contributed by atoms with Crippen LogP contribution in [0.15, 0.2) is 0 Å². The predicted molar refractivity (Wildman–Crippen MR) is 62.1 cm³/mol. The van der Waals surface area contributed by atoms with Crippen LogP contribution in [0, 0.1) is 0 Å². The summed E-state index contributed by atoms with van der Waals surface area (Å²) in [4.78, 5) is 11.5. The molecular weight excluding hydrogens is 206 g/mol. The number of aliphatic hydroxyl groups is 1. The summed E-state index contributed by atoms with van der Waals surface area (Å²) in [6.45, 7) is 3.01. The van der Waals surface area contributed by atoms with Gasteiger partial charge in [0.2, 0.25) is 5.91 Å². The van der Waals surface area contributed by atoms with Crippen molar-refractivity contribution >= 4 is 5.91 Å². The molecule has 94 valence electrons. The maximum Gasteiger partial charge on any atom is 0.220 e. The zero-order valence-corrected chi connectivity index (χ0v) is 10.1. The maximum atomic E-state index is 11.5. The molecule has 1 amide bonds. The molecule has 16 heavy (non-hydrogen) atoms. The lowest BCUT2D eigenvalue weighted by Crippen LogP contribution is -2.33. The Bertz CT molecular complexity index is 202. The normalized spacial score (nSPS) is 22.0. The quantitative estimate of drug-likeness (QED) is 0.690. The Hall–Kier alpha value is -0.610. The van der Waals surface area contributed by atoms with E-state index < -0.39 is 0 Å². The summed E-state index contributed by atoms with van der Waals surface area (Å²) in [7, 11) is 0. The minimum Gasteiger partial charge on any atom is -0.396 e. The molecule has 1 aliphatic heterocycles. The summed E-state index contributed by atoms with van der Waals surface area (Å²) >= 11 is 0. The third-order valence-corrected chi connectivity index (χ3v) is 2.92. The zero-order valence-electron chi connectivity index (χ0n) is 10.1. The summed E-state index contributed by atoms with van der Waals surface area (Å²) in [6.07, 6.45) is 5.47. The molecule has 1 heterocycles. The van der Waals surface area contributed by atoms with E-state index >= 15 is 0 Å². The molecule has 1 fully saturated rings. The Kier molecular flexibility index (Phi) is 6.42. The SMILES string of the molecule is CC(CCCO)NC(=O)CCC1CCCO1. The molecule has 0 aromatic heterocycles. The largest absolute Gasteiger partial charge is 0.396 e. The first kappa shape index (κ1) is 13.5. The van der Waals surface area contributed by atoms with E-state index in [4.69, 9.17) is 9.84 Å². The van der Waals surface area contributed by atoms with Crippen molar-refractivity contribution in [2.45, 2.75) is 57.6 Å². The number of carbonyl (C=O) groups is 1. The van der Waals surface area contributed by atoms with Crippen LogP contribution in [-0.2, 0) is 9.53 Å². The van der Waals surface area contributed by atoms with E-state index in [1.165, 1.54) is 0 Å². The number of hydrogen-bond acceptors (Lipinski definition) is 3. The van der Waals surface area contributed by atoms with Gasteiger partial charge in [-0.3, -0.25) is 4.79 Å². The van der Waals surface area contributed by atoms with E-state index in [-0.39, 0.29) is 18.6 Å².